The van der Waals surface area contributed by atoms with E-state index < -0.39 is 18.2 Å². The zero-order valence-corrected chi connectivity index (χ0v) is 11.4. The van der Waals surface area contributed by atoms with Gasteiger partial charge in [-0.25, -0.2) is 0 Å². The molecule has 1 aliphatic rings. The van der Waals surface area contributed by atoms with Gasteiger partial charge in [0.25, 0.3) is 0 Å². The summed E-state index contributed by atoms with van der Waals surface area (Å²) in [7, 11) is 1.40. The molecule has 1 aromatic rings. The van der Waals surface area contributed by atoms with E-state index in [1.54, 1.807) is 0 Å². The molecule has 0 fully saturated rings. The maximum absolute atomic E-state index is 13.3. The van der Waals surface area contributed by atoms with E-state index in [1.807, 2.05) is 0 Å². The van der Waals surface area contributed by atoms with E-state index in [-0.39, 0.29) is 24.2 Å². The number of hydrogen-bond donors (Lipinski definition) is 1. The molecule has 6 heteroatoms. The first kappa shape index (κ1) is 15.6. The number of hydrogen-bond acceptors (Lipinski definition) is 3. The molecule has 21 heavy (non-hydrogen) atoms. The lowest BCUT2D eigenvalue weighted by atomic mass is 9.86. The van der Waals surface area contributed by atoms with Gasteiger partial charge in [0, 0.05) is 12.8 Å². The first-order chi connectivity index (χ1) is 9.76. The molecule has 1 N–H and O–H groups in total. The molecule has 0 aliphatic heterocycles. The number of alkyl halides is 3. The van der Waals surface area contributed by atoms with Crippen molar-refractivity contribution in [3.05, 3.63) is 41.5 Å². The normalized spacial score (nSPS) is 18.3. The van der Waals surface area contributed by atoms with E-state index in [2.05, 4.69) is 0 Å². The number of benzene rings is 1. The van der Waals surface area contributed by atoms with Crippen LogP contribution < -0.4 is 4.74 Å². The quantitative estimate of drug-likeness (QED) is 0.929. The van der Waals surface area contributed by atoms with Crippen molar-refractivity contribution in [2.45, 2.75) is 31.0 Å². The monoisotopic (exact) mass is 300 g/mol. The molecule has 0 spiro atoms. The SMILES string of the molecule is COc1ccc(C(O)(CC2=CC(=O)CC2)C(F)(F)F)cc1. The molecule has 1 unspecified atom stereocenters. The highest BCUT2D eigenvalue weighted by molar-refractivity contribution is 5.92. The van der Waals surface area contributed by atoms with Gasteiger partial charge >= 0.3 is 6.18 Å². The van der Waals surface area contributed by atoms with Crippen LogP contribution in [0.15, 0.2) is 35.9 Å². The zero-order valence-electron chi connectivity index (χ0n) is 11.4. The Hall–Kier alpha value is -1.82. The minimum absolute atomic E-state index is 0.200. The molecule has 3 nitrogen and oxygen atoms in total. The second kappa shape index (κ2) is 5.52. The van der Waals surface area contributed by atoms with Gasteiger partial charge in [0.1, 0.15) is 5.75 Å². The molecule has 0 bridgehead atoms. The van der Waals surface area contributed by atoms with Crippen LogP contribution in [-0.4, -0.2) is 24.2 Å². The van der Waals surface area contributed by atoms with Crippen LogP contribution >= 0.6 is 0 Å². The maximum atomic E-state index is 13.3. The number of halogens is 3. The van der Waals surface area contributed by atoms with Crippen molar-refractivity contribution in [2.75, 3.05) is 7.11 Å². The standard InChI is InChI=1S/C15H15F3O3/c1-21-13-6-3-11(4-7-13)14(20,15(16,17)18)9-10-2-5-12(19)8-10/h3-4,6-8,20H,2,5,9H2,1H3. The Morgan fingerprint density at radius 2 is 1.81 bits per heavy atom. The van der Waals surface area contributed by atoms with Gasteiger partial charge in [-0.15, -0.1) is 0 Å². The summed E-state index contributed by atoms with van der Waals surface area (Å²) in [6, 6.07) is 5.09. The Kier molecular flexibility index (Phi) is 4.09. The van der Waals surface area contributed by atoms with Crippen LogP contribution in [0.3, 0.4) is 0 Å². The first-order valence-electron chi connectivity index (χ1n) is 6.42. The Labute approximate surface area is 120 Å². The lowest BCUT2D eigenvalue weighted by Crippen LogP contribution is -2.42. The molecular weight excluding hydrogens is 285 g/mol. The number of rotatable bonds is 4. The van der Waals surface area contributed by atoms with E-state index >= 15 is 0 Å². The van der Waals surface area contributed by atoms with Gasteiger partial charge in [0.2, 0.25) is 0 Å². The lowest BCUT2D eigenvalue weighted by molar-refractivity contribution is -0.266. The average molecular weight is 300 g/mol. The molecule has 1 atom stereocenters. The smallest absolute Gasteiger partial charge is 0.421 e. The van der Waals surface area contributed by atoms with E-state index in [4.69, 9.17) is 4.74 Å². The third-order valence-electron chi connectivity index (χ3n) is 3.58. The van der Waals surface area contributed by atoms with Crippen molar-refractivity contribution in [3.8, 4) is 5.75 Å². The van der Waals surface area contributed by atoms with E-state index in [9.17, 15) is 23.1 Å². The molecule has 0 amide bonds. The predicted octanol–water partition coefficient (Wildman–Crippen LogP) is 3.12. The summed E-state index contributed by atoms with van der Waals surface area (Å²) in [6.45, 7) is 0. The summed E-state index contributed by atoms with van der Waals surface area (Å²) >= 11 is 0. The number of carbonyl (C=O) groups excluding carboxylic acids is 1. The maximum Gasteiger partial charge on any atom is 0.421 e. The van der Waals surface area contributed by atoms with Crippen molar-refractivity contribution in [2.24, 2.45) is 0 Å². The summed E-state index contributed by atoms with van der Waals surface area (Å²) < 4.78 is 44.9. The van der Waals surface area contributed by atoms with Crippen LogP contribution in [-0.2, 0) is 10.4 Å². The highest BCUT2D eigenvalue weighted by Crippen LogP contribution is 2.44. The molecule has 0 heterocycles. The highest BCUT2D eigenvalue weighted by Gasteiger charge is 2.55. The fourth-order valence-electron chi connectivity index (χ4n) is 2.36. The van der Waals surface area contributed by atoms with Crippen LogP contribution in [0.2, 0.25) is 0 Å². The molecule has 1 aromatic carbocycles. The van der Waals surface area contributed by atoms with Crippen LogP contribution in [0.25, 0.3) is 0 Å². The van der Waals surface area contributed by atoms with E-state index in [0.717, 1.165) is 0 Å². The van der Waals surface area contributed by atoms with E-state index in [0.29, 0.717) is 11.3 Å². The largest absolute Gasteiger partial charge is 0.497 e. The number of carbonyl (C=O) groups is 1. The predicted molar refractivity (Wildman–Crippen MR) is 69.9 cm³/mol. The number of methoxy groups -OCH3 is 1. The molecular formula is C15H15F3O3. The summed E-state index contributed by atoms with van der Waals surface area (Å²) in [4.78, 5) is 11.2. The number of allylic oxidation sites excluding steroid dienone is 1. The second-order valence-electron chi connectivity index (χ2n) is 5.03. The Morgan fingerprint density at radius 3 is 2.24 bits per heavy atom. The van der Waals surface area contributed by atoms with Crippen LogP contribution in [0, 0.1) is 0 Å². The number of aliphatic hydroxyl groups is 1. The summed E-state index contributed by atoms with van der Waals surface area (Å²) in [6.07, 6.45) is -3.82. The molecule has 0 aromatic heterocycles. The second-order valence-corrected chi connectivity index (χ2v) is 5.03. The number of ether oxygens (including phenoxy) is 1. The van der Waals surface area contributed by atoms with Crippen LogP contribution in [0.1, 0.15) is 24.8 Å². The topological polar surface area (TPSA) is 46.5 Å². The van der Waals surface area contributed by atoms with Gasteiger partial charge in [-0.1, -0.05) is 17.7 Å². The summed E-state index contributed by atoms with van der Waals surface area (Å²) in [5.41, 5.74) is -2.96. The first-order valence-corrected chi connectivity index (χ1v) is 6.42. The molecule has 114 valence electrons. The molecule has 2 rings (SSSR count). The molecule has 0 radical (unpaired) electrons. The molecule has 0 saturated carbocycles. The van der Waals surface area contributed by atoms with Crippen molar-refractivity contribution in [1.82, 2.24) is 0 Å². The average Bonchev–Trinajstić information content (AvgIpc) is 2.82. The Bertz CT molecular complexity index is 561. The third-order valence-corrected chi connectivity index (χ3v) is 3.58. The van der Waals surface area contributed by atoms with Gasteiger partial charge in [-0.3, -0.25) is 4.79 Å². The molecule has 1 aliphatic carbocycles. The van der Waals surface area contributed by atoms with Gasteiger partial charge in [0.05, 0.1) is 7.11 Å². The zero-order chi connectivity index (χ0) is 15.7. The van der Waals surface area contributed by atoms with Crippen molar-refractivity contribution >= 4 is 5.78 Å². The Morgan fingerprint density at radius 1 is 1.19 bits per heavy atom. The van der Waals surface area contributed by atoms with Crippen molar-refractivity contribution in [1.29, 1.82) is 0 Å². The van der Waals surface area contributed by atoms with Gasteiger partial charge in [-0.2, -0.15) is 13.2 Å². The number of ketones is 1. The van der Waals surface area contributed by atoms with Gasteiger partial charge in [-0.05, 0) is 30.2 Å². The fourth-order valence-corrected chi connectivity index (χ4v) is 2.36. The molecule has 0 saturated heterocycles. The van der Waals surface area contributed by atoms with Gasteiger partial charge in [0.15, 0.2) is 11.4 Å². The lowest BCUT2D eigenvalue weighted by Gasteiger charge is -2.31. The third kappa shape index (κ3) is 3.10. The minimum atomic E-state index is -4.84. The Balaban J connectivity index is 2.36. The fraction of sp³-hybridized carbons (Fsp3) is 0.400. The van der Waals surface area contributed by atoms with Crippen LogP contribution in [0.4, 0.5) is 13.2 Å². The van der Waals surface area contributed by atoms with Crippen molar-refractivity contribution < 1.29 is 27.8 Å². The summed E-state index contributed by atoms with van der Waals surface area (Å²) in [5, 5.41) is 10.2. The van der Waals surface area contributed by atoms with E-state index in [1.165, 1.54) is 37.5 Å². The summed E-state index contributed by atoms with van der Waals surface area (Å²) in [5.74, 6) is 0.197. The van der Waals surface area contributed by atoms with Crippen molar-refractivity contribution in [3.63, 3.8) is 0 Å². The minimum Gasteiger partial charge on any atom is -0.497 e. The van der Waals surface area contributed by atoms with Gasteiger partial charge < -0.3 is 9.84 Å². The highest BCUT2D eigenvalue weighted by atomic mass is 19.4. The van der Waals surface area contributed by atoms with Crippen LogP contribution in [0.5, 0.6) is 5.75 Å².